The lowest BCUT2D eigenvalue weighted by molar-refractivity contribution is 0.395. The Bertz CT molecular complexity index is 553. The van der Waals surface area contributed by atoms with Gasteiger partial charge < -0.3 is 0 Å². The van der Waals surface area contributed by atoms with Crippen molar-refractivity contribution in [3.05, 3.63) is 59.3 Å². The van der Waals surface area contributed by atoms with E-state index in [9.17, 15) is 0 Å². The highest BCUT2D eigenvalue weighted by atomic mass is 14.3. The quantitative estimate of drug-likeness (QED) is 0.313. The molecule has 0 aromatic carbocycles. The second-order valence-electron chi connectivity index (χ2n) is 7.88. The fraction of sp³-hybridized carbons (Fsp3) is 0.583. The Labute approximate surface area is 151 Å². The standard InChI is InChI=1S/C24H38/c1-9-11-12-20(6)23(19(5)10-2)17-21(7)24(8)15-13-22(14-16-24)18(3)4/h10,13,15,22H,3,7,9,11-12,14,16-17H2,1-2,4-6,8H3/b19-10-,23-20-. The molecule has 0 amide bonds. The molecule has 0 saturated heterocycles. The van der Waals surface area contributed by atoms with Crippen LogP contribution in [0.25, 0.3) is 0 Å². The van der Waals surface area contributed by atoms with Crippen LogP contribution in [0.3, 0.4) is 0 Å². The Kier molecular flexibility index (Phi) is 8.00. The van der Waals surface area contributed by atoms with E-state index in [2.05, 4.69) is 72.9 Å². The van der Waals surface area contributed by atoms with Gasteiger partial charge in [0.25, 0.3) is 0 Å². The predicted octanol–water partition coefficient (Wildman–Crippen LogP) is 7.95. The van der Waals surface area contributed by atoms with Crippen molar-refractivity contribution < 1.29 is 0 Å². The fourth-order valence-electron chi connectivity index (χ4n) is 3.48. The average molecular weight is 327 g/mol. The third-order valence-electron chi connectivity index (χ3n) is 5.83. The lowest BCUT2D eigenvalue weighted by Crippen LogP contribution is -2.22. The molecule has 0 nitrogen and oxygen atoms in total. The van der Waals surface area contributed by atoms with Crippen LogP contribution < -0.4 is 0 Å². The summed E-state index contributed by atoms with van der Waals surface area (Å²) >= 11 is 0. The van der Waals surface area contributed by atoms with Gasteiger partial charge in [-0.05, 0) is 71.3 Å². The van der Waals surface area contributed by atoms with Gasteiger partial charge in [0, 0.05) is 5.41 Å². The lowest BCUT2D eigenvalue weighted by atomic mass is 9.69. The highest BCUT2D eigenvalue weighted by Crippen LogP contribution is 2.43. The van der Waals surface area contributed by atoms with Crippen molar-refractivity contribution in [2.24, 2.45) is 11.3 Å². The van der Waals surface area contributed by atoms with Crippen LogP contribution >= 0.6 is 0 Å². The molecule has 1 rings (SSSR count). The third-order valence-corrected chi connectivity index (χ3v) is 5.83. The van der Waals surface area contributed by atoms with Crippen LogP contribution in [0.1, 0.15) is 80.1 Å². The van der Waals surface area contributed by atoms with Gasteiger partial charge in [0.05, 0.1) is 0 Å². The summed E-state index contributed by atoms with van der Waals surface area (Å²) in [5.74, 6) is 0.546. The van der Waals surface area contributed by atoms with Crippen LogP contribution in [-0.4, -0.2) is 0 Å². The van der Waals surface area contributed by atoms with Crippen LogP contribution in [0.2, 0.25) is 0 Å². The molecule has 2 unspecified atom stereocenters. The van der Waals surface area contributed by atoms with Gasteiger partial charge >= 0.3 is 0 Å². The molecule has 1 aliphatic rings. The normalized spacial score (nSPS) is 25.4. The topological polar surface area (TPSA) is 0 Å². The fourth-order valence-corrected chi connectivity index (χ4v) is 3.48. The SMILES string of the molecule is C=C(C)C1C=CC(C)(C(=C)CC(/C(C)=C\C)=C(\C)CCCC)CC1. The largest absolute Gasteiger partial charge is 0.0995 e. The molecule has 0 aromatic heterocycles. The van der Waals surface area contributed by atoms with Crippen molar-refractivity contribution >= 4 is 0 Å². The van der Waals surface area contributed by atoms with Crippen LogP contribution in [0.4, 0.5) is 0 Å². The monoisotopic (exact) mass is 326 g/mol. The molecule has 0 spiro atoms. The zero-order valence-corrected chi connectivity index (χ0v) is 17.0. The highest BCUT2D eigenvalue weighted by Gasteiger charge is 2.29. The third kappa shape index (κ3) is 5.36. The summed E-state index contributed by atoms with van der Waals surface area (Å²) in [7, 11) is 0. The summed E-state index contributed by atoms with van der Waals surface area (Å²) in [6.07, 6.45) is 14.1. The Morgan fingerprint density at radius 2 is 1.92 bits per heavy atom. The maximum Gasteiger partial charge on any atom is 0.00636 e. The second-order valence-corrected chi connectivity index (χ2v) is 7.88. The van der Waals surface area contributed by atoms with Crippen molar-refractivity contribution in [2.75, 3.05) is 0 Å². The van der Waals surface area contributed by atoms with Crippen molar-refractivity contribution in [3.8, 4) is 0 Å². The van der Waals surface area contributed by atoms with E-state index >= 15 is 0 Å². The predicted molar refractivity (Wildman–Crippen MR) is 110 cm³/mol. The molecule has 0 fully saturated rings. The molecule has 134 valence electrons. The van der Waals surface area contributed by atoms with Gasteiger partial charge in [0.1, 0.15) is 0 Å². The van der Waals surface area contributed by atoms with E-state index in [0.717, 1.165) is 6.42 Å². The van der Waals surface area contributed by atoms with E-state index in [1.807, 2.05) is 0 Å². The van der Waals surface area contributed by atoms with Gasteiger partial charge in [-0.3, -0.25) is 0 Å². The van der Waals surface area contributed by atoms with Crippen LogP contribution in [0.15, 0.2) is 59.3 Å². The van der Waals surface area contributed by atoms with Crippen molar-refractivity contribution in [1.82, 2.24) is 0 Å². The zero-order valence-electron chi connectivity index (χ0n) is 17.0. The Hall–Kier alpha value is -1.30. The van der Waals surface area contributed by atoms with Gasteiger partial charge in [-0.15, -0.1) is 0 Å². The van der Waals surface area contributed by atoms with Gasteiger partial charge in [0.15, 0.2) is 0 Å². The van der Waals surface area contributed by atoms with E-state index in [1.165, 1.54) is 60.0 Å². The molecular formula is C24H38. The number of hydrogen-bond donors (Lipinski definition) is 0. The minimum atomic E-state index is 0.121. The number of unbranched alkanes of at least 4 members (excludes halogenated alkanes) is 1. The minimum absolute atomic E-state index is 0.121. The molecule has 0 radical (unpaired) electrons. The first-order valence-corrected chi connectivity index (χ1v) is 9.60. The number of allylic oxidation sites excluding steroid dienone is 8. The zero-order chi connectivity index (χ0) is 18.3. The first-order valence-electron chi connectivity index (χ1n) is 9.60. The van der Waals surface area contributed by atoms with Crippen LogP contribution in [0, 0.1) is 11.3 Å². The van der Waals surface area contributed by atoms with Gasteiger partial charge in [-0.1, -0.05) is 73.9 Å². The molecule has 2 atom stereocenters. The van der Waals surface area contributed by atoms with E-state index < -0.39 is 0 Å². The molecule has 0 N–H and O–H groups in total. The second kappa shape index (κ2) is 9.25. The molecule has 0 aromatic rings. The van der Waals surface area contributed by atoms with E-state index in [0.29, 0.717) is 5.92 Å². The van der Waals surface area contributed by atoms with Gasteiger partial charge in [-0.25, -0.2) is 0 Å². The Morgan fingerprint density at radius 3 is 2.38 bits per heavy atom. The molecule has 0 bridgehead atoms. The number of rotatable bonds is 8. The molecule has 0 heteroatoms. The molecule has 0 heterocycles. The summed E-state index contributed by atoms with van der Waals surface area (Å²) < 4.78 is 0. The van der Waals surface area contributed by atoms with E-state index in [1.54, 1.807) is 0 Å². The van der Waals surface area contributed by atoms with Crippen molar-refractivity contribution in [1.29, 1.82) is 0 Å². The summed E-state index contributed by atoms with van der Waals surface area (Å²) in [6, 6.07) is 0. The minimum Gasteiger partial charge on any atom is -0.0995 e. The van der Waals surface area contributed by atoms with Crippen LogP contribution in [-0.2, 0) is 0 Å². The average Bonchev–Trinajstić information content (AvgIpc) is 2.56. The maximum absolute atomic E-state index is 4.50. The molecule has 0 aliphatic heterocycles. The first-order chi connectivity index (χ1) is 11.2. The molecule has 0 saturated carbocycles. The molecule has 1 aliphatic carbocycles. The van der Waals surface area contributed by atoms with Gasteiger partial charge in [-0.2, -0.15) is 0 Å². The Morgan fingerprint density at radius 1 is 1.25 bits per heavy atom. The lowest BCUT2D eigenvalue weighted by Gasteiger charge is -2.35. The maximum atomic E-state index is 4.50. The molecular weight excluding hydrogens is 288 g/mol. The van der Waals surface area contributed by atoms with Gasteiger partial charge in [0.2, 0.25) is 0 Å². The Balaban J connectivity index is 2.97. The smallest absolute Gasteiger partial charge is 0.00636 e. The summed E-state index contributed by atoms with van der Waals surface area (Å²) in [5, 5.41) is 0. The molecule has 24 heavy (non-hydrogen) atoms. The summed E-state index contributed by atoms with van der Waals surface area (Å²) in [4.78, 5) is 0. The van der Waals surface area contributed by atoms with Crippen LogP contribution in [0.5, 0.6) is 0 Å². The summed E-state index contributed by atoms with van der Waals surface area (Å²) in [5.41, 5.74) is 7.21. The van der Waals surface area contributed by atoms with E-state index in [4.69, 9.17) is 0 Å². The highest BCUT2D eigenvalue weighted by molar-refractivity contribution is 5.39. The summed E-state index contributed by atoms with van der Waals surface area (Å²) in [6.45, 7) is 22.1. The first kappa shape index (κ1) is 20.7. The van der Waals surface area contributed by atoms with E-state index in [-0.39, 0.29) is 5.41 Å². The van der Waals surface area contributed by atoms with Crippen molar-refractivity contribution in [2.45, 2.75) is 80.1 Å². The van der Waals surface area contributed by atoms with Crippen molar-refractivity contribution in [3.63, 3.8) is 0 Å². The number of hydrogen-bond acceptors (Lipinski definition) is 0.